The molecule has 26 heavy (non-hydrogen) atoms. The van der Waals surface area contributed by atoms with Gasteiger partial charge in [-0.05, 0) is 38.5 Å². The zero-order chi connectivity index (χ0) is 18.5. The van der Waals surface area contributed by atoms with E-state index >= 15 is 0 Å². The molecule has 0 aliphatic carbocycles. The van der Waals surface area contributed by atoms with Crippen molar-refractivity contribution in [2.45, 2.75) is 33.4 Å². The molecule has 6 heteroatoms. The van der Waals surface area contributed by atoms with Crippen LogP contribution in [0.15, 0.2) is 55.0 Å². The first kappa shape index (κ1) is 17.7. The van der Waals surface area contributed by atoms with Gasteiger partial charge >= 0.3 is 0 Å². The molecule has 0 fully saturated rings. The first-order valence-corrected chi connectivity index (χ1v) is 8.51. The van der Waals surface area contributed by atoms with Crippen LogP contribution in [0.1, 0.15) is 29.9 Å². The second-order valence-electron chi connectivity index (χ2n) is 6.11. The number of ether oxygens (including phenoxy) is 1. The van der Waals surface area contributed by atoms with Crippen molar-refractivity contribution in [3.63, 3.8) is 0 Å². The van der Waals surface area contributed by atoms with Crippen LogP contribution in [0, 0.1) is 13.8 Å². The summed E-state index contributed by atoms with van der Waals surface area (Å²) < 4.78 is 7.78. The average Bonchev–Trinajstić information content (AvgIpc) is 3.08. The maximum Gasteiger partial charge on any atom is 0.243 e. The minimum atomic E-state index is -0.338. The van der Waals surface area contributed by atoms with Gasteiger partial charge in [-0.15, -0.1) is 0 Å². The van der Waals surface area contributed by atoms with Gasteiger partial charge in [-0.3, -0.25) is 4.79 Å². The maximum atomic E-state index is 12.5. The van der Waals surface area contributed by atoms with Crippen LogP contribution < -0.4 is 10.1 Å². The van der Waals surface area contributed by atoms with Crippen LogP contribution in [0.2, 0.25) is 0 Å². The molecule has 0 aliphatic rings. The van der Waals surface area contributed by atoms with E-state index in [1.54, 1.807) is 18.6 Å². The third-order valence-electron chi connectivity index (χ3n) is 4.26. The summed E-state index contributed by atoms with van der Waals surface area (Å²) >= 11 is 0. The molecule has 1 amide bonds. The molecule has 134 valence electrons. The van der Waals surface area contributed by atoms with Gasteiger partial charge < -0.3 is 14.6 Å². The molecule has 2 heterocycles. The molecule has 0 saturated heterocycles. The highest BCUT2D eigenvalue weighted by Gasteiger charge is 2.17. The molecule has 3 aromatic rings. The molecule has 0 saturated carbocycles. The predicted molar refractivity (Wildman–Crippen MR) is 99.0 cm³/mol. The van der Waals surface area contributed by atoms with E-state index in [2.05, 4.69) is 15.3 Å². The van der Waals surface area contributed by atoms with Gasteiger partial charge in [0.05, 0.1) is 0 Å². The molecule has 1 unspecified atom stereocenters. The number of pyridine rings is 1. The fourth-order valence-corrected chi connectivity index (χ4v) is 2.68. The van der Waals surface area contributed by atoms with Crippen molar-refractivity contribution < 1.29 is 9.53 Å². The molecule has 6 nitrogen and oxygen atoms in total. The van der Waals surface area contributed by atoms with Gasteiger partial charge in [0.1, 0.15) is 17.6 Å². The highest BCUT2D eigenvalue weighted by Crippen LogP contribution is 2.25. The number of amides is 1. The summed E-state index contributed by atoms with van der Waals surface area (Å²) in [4.78, 5) is 20.9. The smallest absolute Gasteiger partial charge is 0.243 e. The number of nitrogens with zero attached hydrogens (tertiary/aromatic N) is 3. The largest absolute Gasteiger partial charge is 0.438 e. The lowest BCUT2D eigenvalue weighted by Gasteiger charge is -2.16. The van der Waals surface area contributed by atoms with E-state index in [9.17, 15) is 4.79 Å². The Morgan fingerprint density at radius 3 is 2.69 bits per heavy atom. The number of benzene rings is 1. The van der Waals surface area contributed by atoms with E-state index in [-0.39, 0.29) is 11.9 Å². The van der Waals surface area contributed by atoms with E-state index < -0.39 is 0 Å². The van der Waals surface area contributed by atoms with Crippen LogP contribution in [-0.2, 0) is 11.3 Å². The summed E-state index contributed by atoms with van der Waals surface area (Å²) in [7, 11) is 0. The number of hydrogen-bond donors (Lipinski definition) is 1. The van der Waals surface area contributed by atoms with Crippen LogP contribution >= 0.6 is 0 Å². The van der Waals surface area contributed by atoms with E-state index in [4.69, 9.17) is 4.74 Å². The average molecular weight is 350 g/mol. The van der Waals surface area contributed by atoms with E-state index in [0.717, 1.165) is 22.7 Å². The zero-order valence-electron chi connectivity index (χ0n) is 15.1. The molecular formula is C20H22N4O2. The summed E-state index contributed by atoms with van der Waals surface area (Å²) in [5.41, 5.74) is 1.84. The SMILES string of the molecule is Cc1ccccc1Oc1ncccc1CNC(=O)C(C)n1ccnc1C. The Morgan fingerprint density at radius 1 is 1.15 bits per heavy atom. The number of rotatable bonds is 6. The topological polar surface area (TPSA) is 69.0 Å². The van der Waals surface area contributed by atoms with Crippen LogP contribution in [0.3, 0.4) is 0 Å². The molecule has 1 aromatic carbocycles. The highest BCUT2D eigenvalue weighted by atomic mass is 16.5. The minimum Gasteiger partial charge on any atom is -0.438 e. The molecule has 2 aromatic heterocycles. The summed E-state index contributed by atoms with van der Waals surface area (Å²) in [6.45, 7) is 6.04. The quantitative estimate of drug-likeness (QED) is 0.738. The fraction of sp³-hybridized carbons (Fsp3) is 0.250. The van der Waals surface area contributed by atoms with Crippen LogP contribution in [0.25, 0.3) is 0 Å². The number of nitrogens with one attached hydrogen (secondary N) is 1. The van der Waals surface area contributed by atoms with Crippen LogP contribution in [0.5, 0.6) is 11.6 Å². The van der Waals surface area contributed by atoms with Crippen molar-refractivity contribution in [1.29, 1.82) is 0 Å². The van der Waals surface area contributed by atoms with Gasteiger partial charge in [-0.2, -0.15) is 0 Å². The number of aromatic nitrogens is 3. The molecule has 3 rings (SSSR count). The number of carbonyl (C=O) groups is 1. The van der Waals surface area contributed by atoms with Gasteiger partial charge in [-0.25, -0.2) is 9.97 Å². The molecule has 1 N–H and O–H groups in total. The second kappa shape index (κ2) is 7.82. The summed E-state index contributed by atoms with van der Waals surface area (Å²) in [6.07, 6.45) is 5.17. The monoisotopic (exact) mass is 350 g/mol. The summed E-state index contributed by atoms with van der Waals surface area (Å²) in [6, 6.07) is 11.1. The van der Waals surface area contributed by atoms with Gasteiger partial charge in [0.2, 0.25) is 11.8 Å². The number of carbonyl (C=O) groups excluding carboxylic acids is 1. The van der Waals surface area contributed by atoms with Crippen molar-refractivity contribution >= 4 is 5.91 Å². The third kappa shape index (κ3) is 3.91. The normalized spacial score (nSPS) is 11.8. The highest BCUT2D eigenvalue weighted by molar-refractivity contribution is 5.80. The third-order valence-corrected chi connectivity index (χ3v) is 4.26. The number of hydrogen-bond acceptors (Lipinski definition) is 4. The Kier molecular flexibility index (Phi) is 5.31. The Morgan fingerprint density at radius 2 is 1.96 bits per heavy atom. The van der Waals surface area contributed by atoms with Crippen LogP contribution in [-0.4, -0.2) is 20.4 Å². The molecule has 0 bridgehead atoms. The van der Waals surface area contributed by atoms with E-state index in [1.807, 2.05) is 61.7 Å². The second-order valence-corrected chi connectivity index (χ2v) is 6.11. The predicted octanol–water partition coefficient (Wildman–Crippen LogP) is 3.56. The Bertz CT molecular complexity index is 904. The fourth-order valence-electron chi connectivity index (χ4n) is 2.68. The number of para-hydroxylation sites is 1. The number of aryl methyl sites for hydroxylation is 2. The lowest BCUT2D eigenvalue weighted by atomic mass is 10.2. The van der Waals surface area contributed by atoms with Crippen LogP contribution in [0.4, 0.5) is 0 Å². The van der Waals surface area contributed by atoms with Gasteiger partial charge in [0.25, 0.3) is 0 Å². The van der Waals surface area contributed by atoms with Gasteiger partial charge in [-0.1, -0.05) is 24.3 Å². The Hall–Kier alpha value is -3.15. The van der Waals surface area contributed by atoms with Crippen molar-refractivity contribution in [3.8, 4) is 11.6 Å². The Balaban J connectivity index is 1.70. The maximum absolute atomic E-state index is 12.5. The minimum absolute atomic E-state index is 0.0863. The van der Waals surface area contributed by atoms with Crippen molar-refractivity contribution in [3.05, 3.63) is 71.9 Å². The summed E-state index contributed by atoms with van der Waals surface area (Å²) in [5, 5.41) is 2.95. The lowest BCUT2D eigenvalue weighted by Crippen LogP contribution is -2.31. The molecular weight excluding hydrogens is 328 g/mol. The van der Waals surface area contributed by atoms with Crippen molar-refractivity contribution in [2.24, 2.45) is 0 Å². The molecule has 1 atom stereocenters. The van der Waals surface area contributed by atoms with E-state index in [0.29, 0.717) is 12.4 Å². The summed E-state index contributed by atoms with van der Waals surface area (Å²) in [5.74, 6) is 1.96. The first-order chi connectivity index (χ1) is 12.6. The molecule has 0 radical (unpaired) electrons. The molecule has 0 spiro atoms. The number of imidazole rings is 1. The van der Waals surface area contributed by atoms with Gasteiger partial charge in [0, 0.05) is 30.7 Å². The van der Waals surface area contributed by atoms with Gasteiger partial charge in [0.15, 0.2) is 0 Å². The Labute approximate surface area is 152 Å². The van der Waals surface area contributed by atoms with E-state index in [1.165, 1.54) is 0 Å². The standard InChI is InChI=1S/C20H22N4O2/c1-14-7-4-5-9-18(14)26-20-17(8-6-10-22-20)13-23-19(25)15(2)24-12-11-21-16(24)3/h4-12,15H,13H2,1-3H3,(H,23,25). The van der Waals surface area contributed by atoms with Crippen molar-refractivity contribution in [2.75, 3.05) is 0 Å². The lowest BCUT2D eigenvalue weighted by molar-refractivity contribution is -0.124. The zero-order valence-corrected chi connectivity index (χ0v) is 15.1. The first-order valence-electron chi connectivity index (χ1n) is 8.51. The molecule has 0 aliphatic heterocycles. The van der Waals surface area contributed by atoms with Crippen molar-refractivity contribution in [1.82, 2.24) is 19.9 Å².